The predicted molar refractivity (Wildman–Crippen MR) is 92.2 cm³/mol. The van der Waals surface area contributed by atoms with Gasteiger partial charge in [0, 0.05) is 30.3 Å². The summed E-state index contributed by atoms with van der Waals surface area (Å²) < 4.78 is 24.1. The van der Waals surface area contributed by atoms with Crippen LogP contribution < -0.4 is 15.4 Å². The summed E-state index contributed by atoms with van der Waals surface area (Å²) in [4.78, 5) is 24.0. The molecule has 0 atom stereocenters. The van der Waals surface area contributed by atoms with Gasteiger partial charge in [-0.05, 0) is 37.1 Å². The molecule has 1 fully saturated rings. The first kappa shape index (κ1) is 18.4. The van der Waals surface area contributed by atoms with Crippen molar-refractivity contribution in [2.45, 2.75) is 25.7 Å². The normalized spacial score (nSPS) is 15.2. The van der Waals surface area contributed by atoms with Gasteiger partial charge in [-0.2, -0.15) is 0 Å². The number of hydrogen-bond acceptors (Lipinski definition) is 4. The highest BCUT2D eigenvalue weighted by Crippen LogP contribution is 2.26. The molecule has 1 aromatic rings. The second-order valence-electron chi connectivity index (χ2n) is 5.97. The van der Waals surface area contributed by atoms with E-state index in [2.05, 4.69) is 15.4 Å². The second-order valence-corrected chi connectivity index (χ2v) is 7.80. The SMILES string of the molecule is CS(=O)(=O)NCCNC(=O)c1ccc(NC(=O)C2CCCC2)cc1. The zero-order chi connectivity index (χ0) is 17.6. The molecular weight excluding hydrogens is 330 g/mol. The van der Waals surface area contributed by atoms with Gasteiger partial charge in [0.2, 0.25) is 15.9 Å². The summed E-state index contributed by atoms with van der Waals surface area (Å²) in [6, 6.07) is 6.64. The molecule has 2 amide bonds. The largest absolute Gasteiger partial charge is 0.351 e. The summed E-state index contributed by atoms with van der Waals surface area (Å²) in [5.74, 6) is -0.161. The maximum absolute atomic E-state index is 12.0. The summed E-state index contributed by atoms with van der Waals surface area (Å²) >= 11 is 0. The average molecular weight is 353 g/mol. The minimum atomic E-state index is -3.25. The highest BCUT2D eigenvalue weighted by atomic mass is 32.2. The zero-order valence-electron chi connectivity index (χ0n) is 13.7. The van der Waals surface area contributed by atoms with Gasteiger partial charge in [0.25, 0.3) is 5.91 Å². The van der Waals surface area contributed by atoms with Crippen molar-refractivity contribution in [2.75, 3.05) is 24.7 Å². The van der Waals surface area contributed by atoms with Crippen molar-refractivity contribution in [3.8, 4) is 0 Å². The lowest BCUT2D eigenvalue weighted by Gasteiger charge is -2.11. The van der Waals surface area contributed by atoms with Gasteiger partial charge in [0.1, 0.15) is 0 Å². The number of benzene rings is 1. The number of carbonyl (C=O) groups is 2. The van der Waals surface area contributed by atoms with Crippen LogP contribution in [0.15, 0.2) is 24.3 Å². The fourth-order valence-electron chi connectivity index (χ4n) is 2.65. The molecule has 8 heteroatoms. The van der Waals surface area contributed by atoms with E-state index in [9.17, 15) is 18.0 Å². The van der Waals surface area contributed by atoms with Crippen LogP contribution in [0.1, 0.15) is 36.0 Å². The Morgan fingerprint density at radius 1 is 1.08 bits per heavy atom. The van der Waals surface area contributed by atoms with Gasteiger partial charge in [-0.25, -0.2) is 13.1 Å². The van der Waals surface area contributed by atoms with Crippen molar-refractivity contribution >= 4 is 27.5 Å². The molecule has 24 heavy (non-hydrogen) atoms. The third-order valence-electron chi connectivity index (χ3n) is 3.92. The van der Waals surface area contributed by atoms with Crippen molar-refractivity contribution in [1.82, 2.24) is 10.0 Å². The molecule has 1 saturated carbocycles. The minimum Gasteiger partial charge on any atom is -0.351 e. The molecule has 1 aromatic carbocycles. The van der Waals surface area contributed by atoms with Crippen LogP contribution in [0, 0.1) is 5.92 Å². The van der Waals surface area contributed by atoms with E-state index >= 15 is 0 Å². The summed E-state index contributed by atoms with van der Waals surface area (Å²) in [5, 5.41) is 5.49. The molecule has 7 nitrogen and oxygen atoms in total. The lowest BCUT2D eigenvalue weighted by Crippen LogP contribution is -2.34. The lowest BCUT2D eigenvalue weighted by molar-refractivity contribution is -0.119. The highest BCUT2D eigenvalue weighted by Gasteiger charge is 2.22. The van der Waals surface area contributed by atoms with E-state index < -0.39 is 10.0 Å². The quantitative estimate of drug-likeness (QED) is 0.638. The van der Waals surface area contributed by atoms with Gasteiger partial charge in [0.15, 0.2) is 0 Å². The molecule has 132 valence electrons. The van der Waals surface area contributed by atoms with Gasteiger partial charge in [0.05, 0.1) is 6.26 Å². The van der Waals surface area contributed by atoms with E-state index in [1.165, 1.54) is 0 Å². The molecule has 3 N–H and O–H groups in total. The van der Waals surface area contributed by atoms with E-state index in [1.54, 1.807) is 24.3 Å². The molecule has 0 bridgehead atoms. The van der Waals surface area contributed by atoms with E-state index in [-0.39, 0.29) is 30.8 Å². The van der Waals surface area contributed by atoms with E-state index in [0.717, 1.165) is 31.9 Å². The Bertz CT molecular complexity index is 680. The lowest BCUT2D eigenvalue weighted by atomic mass is 10.1. The number of carbonyl (C=O) groups excluding carboxylic acids is 2. The number of sulfonamides is 1. The molecule has 2 rings (SSSR count). The first-order valence-electron chi connectivity index (χ1n) is 7.99. The predicted octanol–water partition coefficient (Wildman–Crippen LogP) is 1.09. The molecule has 0 saturated heterocycles. The maximum Gasteiger partial charge on any atom is 0.251 e. The highest BCUT2D eigenvalue weighted by molar-refractivity contribution is 7.88. The van der Waals surface area contributed by atoms with Crippen LogP contribution in [0.25, 0.3) is 0 Å². The van der Waals surface area contributed by atoms with Crippen molar-refractivity contribution in [3.05, 3.63) is 29.8 Å². The topological polar surface area (TPSA) is 104 Å². The first-order valence-corrected chi connectivity index (χ1v) is 9.88. The average Bonchev–Trinajstić information content (AvgIpc) is 3.05. The summed E-state index contributed by atoms with van der Waals surface area (Å²) in [7, 11) is -3.25. The second kappa shape index (κ2) is 8.25. The van der Waals surface area contributed by atoms with Crippen LogP contribution in [0.2, 0.25) is 0 Å². The number of rotatable bonds is 7. The Morgan fingerprint density at radius 3 is 2.29 bits per heavy atom. The van der Waals surface area contributed by atoms with Crippen LogP contribution in [0.4, 0.5) is 5.69 Å². The van der Waals surface area contributed by atoms with Gasteiger partial charge in [-0.3, -0.25) is 9.59 Å². The maximum atomic E-state index is 12.0. The Hall–Kier alpha value is -1.93. The van der Waals surface area contributed by atoms with E-state index in [4.69, 9.17) is 0 Å². The number of hydrogen-bond donors (Lipinski definition) is 3. The van der Waals surface area contributed by atoms with Crippen LogP contribution in [0.3, 0.4) is 0 Å². The van der Waals surface area contributed by atoms with Crippen LogP contribution in [-0.4, -0.2) is 39.6 Å². The summed E-state index contributed by atoms with van der Waals surface area (Å²) in [5.41, 5.74) is 1.12. The third-order valence-corrected chi connectivity index (χ3v) is 4.64. The van der Waals surface area contributed by atoms with Gasteiger partial charge < -0.3 is 10.6 Å². The number of anilines is 1. The van der Waals surface area contributed by atoms with Crippen LogP contribution in [-0.2, 0) is 14.8 Å². The van der Waals surface area contributed by atoms with Crippen molar-refractivity contribution in [3.63, 3.8) is 0 Å². The fourth-order valence-corrected chi connectivity index (χ4v) is 3.12. The molecule has 1 aliphatic carbocycles. The summed E-state index contributed by atoms with van der Waals surface area (Å²) in [6.07, 6.45) is 5.14. The monoisotopic (exact) mass is 353 g/mol. The van der Waals surface area contributed by atoms with E-state index in [0.29, 0.717) is 11.3 Å². The number of nitrogens with one attached hydrogen (secondary N) is 3. The van der Waals surface area contributed by atoms with Crippen LogP contribution in [0.5, 0.6) is 0 Å². The minimum absolute atomic E-state index is 0.0385. The molecule has 0 aliphatic heterocycles. The standard InChI is InChI=1S/C16H23N3O4S/c1-24(22,23)18-11-10-17-15(20)13-6-8-14(9-7-13)19-16(21)12-4-2-3-5-12/h6-9,12,18H,2-5,10-11H2,1H3,(H,17,20)(H,19,21). The van der Waals surface area contributed by atoms with Crippen molar-refractivity contribution in [2.24, 2.45) is 5.92 Å². The molecule has 0 unspecified atom stereocenters. The fraction of sp³-hybridized carbons (Fsp3) is 0.500. The molecule has 0 aromatic heterocycles. The molecule has 0 spiro atoms. The molecular formula is C16H23N3O4S. The third kappa shape index (κ3) is 5.93. The van der Waals surface area contributed by atoms with E-state index in [1.807, 2.05) is 0 Å². The molecule has 0 radical (unpaired) electrons. The Labute approximate surface area is 142 Å². The smallest absolute Gasteiger partial charge is 0.251 e. The van der Waals surface area contributed by atoms with Gasteiger partial charge in [-0.1, -0.05) is 12.8 Å². The van der Waals surface area contributed by atoms with Crippen molar-refractivity contribution < 1.29 is 18.0 Å². The molecule has 1 aliphatic rings. The Kier molecular flexibility index (Phi) is 6.33. The molecule has 0 heterocycles. The number of amides is 2. The van der Waals surface area contributed by atoms with Gasteiger partial charge in [-0.15, -0.1) is 0 Å². The Balaban J connectivity index is 1.80. The van der Waals surface area contributed by atoms with Crippen molar-refractivity contribution in [1.29, 1.82) is 0 Å². The van der Waals surface area contributed by atoms with Crippen LogP contribution >= 0.6 is 0 Å². The van der Waals surface area contributed by atoms with Gasteiger partial charge >= 0.3 is 0 Å². The zero-order valence-corrected chi connectivity index (χ0v) is 14.5. The first-order chi connectivity index (χ1) is 11.3. The summed E-state index contributed by atoms with van der Waals surface area (Å²) in [6.45, 7) is 0.339. The Morgan fingerprint density at radius 2 is 1.71 bits per heavy atom.